The molecule has 0 bridgehead atoms. The van der Waals surface area contributed by atoms with Crippen LogP contribution < -0.4 is 5.32 Å². The summed E-state index contributed by atoms with van der Waals surface area (Å²) in [5, 5.41) is 12.3. The van der Waals surface area contributed by atoms with Crippen LogP contribution in [-0.4, -0.2) is 42.6 Å². The first-order valence-corrected chi connectivity index (χ1v) is 3.91. The molecule has 0 aromatic heterocycles. The van der Waals surface area contributed by atoms with E-state index < -0.39 is 0 Å². The van der Waals surface area contributed by atoms with Crippen LogP contribution in [0.3, 0.4) is 0 Å². The summed E-state index contributed by atoms with van der Waals surface area (Å²) in [6.07, 6.45) is -0.299. The summed E-state index contributed by atoms with van der Waals surface area (Å²) in [6, 6.07) is 0.178. The quantitative estimate of drug-likeness (QED) is 0.559. The van der Waals surface area contributed by atoms with E-state index in [9.17, 15) is 5.11 Å². The van der Waals surface area contributed by atoms with E-state index in [2.05, 4.69) is 14.7 Å². The minimum Gasteiger partial charge on any atom is -0.390 e. The van der Waals surface area contributed by atoms with Crippen LogP contribution in [0.15, 0.2) is 0 Å². The highest BCUT2D eigenvalue weighted by Crippen LogP contribution is 2.05. The lowest BCUT2D eigenvalue weighted by molar-refractivity contribution is 0.112. The van der Waals surface area contributed by atoms with Crippen molar-refractivity contribution in [2.24, 2.45) is 0 Å². The minimum atomic E-state index is -0.299. The van der Waals surface area contributed by atoms with Crippen molar-refractivity contribution in [2.75, 3.05) is 20.6 Å². The van der Waals surface area contributed by atoms with Crippen LogP contribution in [0.5, 0.6) is 0 Å². The molecule has 0 heterocycles. The Balaban J connectivity index is 3.58. The van der Waals surface area contributed by atoms with E-state index in [-0.39, 0.29) is 12.1 Å². The SMILES string of the molecule is CNC[C@@H](O)[C@H](C)N(C)P. The van der Waals surface area contributed by atoms with E-state index in [1.807, 2.05) is 25.7 Å². The predicted octanol–water partition coefficient (Wildman–Crippen LogP) is -0.323. The zero-order chi connectivity index (χ0) is 8.15. The summed E-state index contributed by atoms with van der Waals surface area (Å²) in [4.78, 5) is 0. The Hall–Kier alpha value is 0.310. The van der Waals surface area contributed by atoms with Crippen molar-refractivity contribution in [3.8, 4) is 0 Å². The van der Waals surface area contributed by atoms with Gasteiger partial charge in [0.15, 0.2) is 0 Å². The van der Waals surface area contributed by atoms with Crippen LogP contribution in [-0.2, 0) is 0 Å². The lowest BCUT2D eigenvalue weighted by Gasteiger charge is -2.24. The number of nitrogens with zero attached hydrogens (tertiary/aromatic N) is 1. The molecule has 0 saturated carbocycles. The molecule has 10 heavy (non-hydrogen) atoms. The monoisotopic (exact) mass is 164 g/mol. The van der Waals surface area contributed by atoms with Crippen LogP contribution in [0.1, 0.15) is 6.92 Å². The van der Waals surface area contributed by atoms with Crippen molar-refractivity contribution in [3.63, 3.8) is 0 Å². The maximum absolute atomic E-state index is 9.37. The van der Waals surface area contributed by atoms with Crippen molar-refractivity contribution in [1.82, 2.24) is 9.99 Å². The number of likely N-dealkylation sites (N-methyl/N-ethyl adjacent to an activating group) is 2. The Morgan fingerprint density at radius 1 is 1.70 bits per heavy atom. The second kappa shape index (κ2) is 5.03. The van der Waals surface area contributed by atoms with Crippen LogP contribution in [0.25, 0.3) is 0 Å². The summed E-state index contributed by atoms with van der Waals surface area (Å²) in [5.41, 5.74) is 0. The van der Waals surface area contributed by atoms with Gasteiger partial charge < -0.3 is 10.4 Å². The Kier molecular flexibility index (Phi) is 5.18. The molecule has 0 aliphatic carbocycles. The van der Waals surface area contributed by atoms with Gasteiger partial charge in [-0.1, -0.05) is 9.39 Å². The predicted molar refractivity (Wildman–Crippen MR) is 46.9 cm³/mol. The molecule has 0 rings (SSSR count). The van der Waals surface area contributed by atoms with Gasteiger partial charge in [-0.3, -0.25) is 4.67 Å². The smallest absolute Gasteiger partial charge is 0.0819 e. The maximum Gasteiger partial charge on any atom is 0.0819 e. The third-order valence-electron chi connectivity index (χ3n) is 1.61. The minimum absolute atomic E-state index is 0.178. The molecule has 3 nitrogen and oxygen atoms in total. The van der Waals surface area contributed by atoms with Crippen molar-refractivity contribution < 1.29 is 5.11 Å². The summed E-state index contributed by atoms with van der Waals surface area (Å²) >= 11 is 0. The van der Waals surface area contributed by atoms with Gasteiger partial charge in [0.2, 0.25) is 0 Å². The van der Waals surface area contributed by atoms with Crippen LogP contribution >= 0.6 is 9.39 Å². The second-order valence-electron chi connectivity index (χ2n) is 2.53. The van der Waals surface area contributed by atoms with Gasteiger partial charge in [0, 0.05) is 12.6 Å². The fraction of sp³-hybridized carbons (Fsp3) is 1.00. The Bertz CT molecular complexity index is 89.8. The van der Waals surface area contributed by atoms with E-state index in [1.54, 1.807) is 0 Å². The molecule has 0 aromatic rings. The first kappa shape index (κ1) is 10.3. The first-order valence-electron chi connectivity index (χ1n) is 3.39. The van der Waals surface area contributed by atoms with Crippen molar-refractivity contribution in [1.29, 1.82) is 0 Å². The summed E-state index contributed by atoms with van der Waals surface area (Å²) in [7, 11) is 6.29. The van der Waals surface area contributed by atoms with Gasteiger partial charge in [0.1, 0.15) is 0 Å². The fourth-order valence-corrected chi connectivity index (χ4v) is 0.850. The second-order valence-corrected chi connectivity index (χ2v) is 3.35. The molecular formula is C6H17N2OP. The third-order valence-corrected chi connectivity index (χ3v) is 2.08. The summed E-state index contributed by atoms with van der Waals surface area (Å²) < 4.78 is 1.92. The van der Waals surface area contributed by atoms with Crippen LogP contribution in [0.4, 0.5) is 0 Å². The molecule has 0 aliphatic rings. The standard InChI is InChI=1S/C6H17N2OP/c1-5(8(3)10)6(9)4-7-2/h5-7,9H,4,10H2,1-3H3/t5-,6+/m0/s1. The highest BCUT2D eigenvalue weighted by atomic mass is 31.0. The fourth-order valence-electron chi connectivity index (χ4n) is 0.651. The number of hydrogen-bond donors (Lipinski definition) is 2. The normalized spacial score (nSPS) is 17.4. The molecule has 2 N–H and O–H groups in total. The molecule has 0 fully saturated rings. The number of hydrogen-bond acceptors (Lipinski definition) is 3. The number of aliphatic hydroxyl groups is 1. The van der Waals surface area contributed by atoms with Gasteiger partial charge in [-0.15, -0.1) is 0 Å². The number of aliphatic hydroxyl groups excluding tert-OH is 1. The van der Waals surface area contributed by atoms with E-state index in [0.717, 1.165) is 0 Å². The van der Waals surface area contributed by atoms with Gasteiger partial charge >= 0.3 is 0 Å². The molecule has 3 atom stereocenters. The lowest BCUT2D eigenvalue weighted by Crippen LogP contribution is -2.39. The third kappa shape index (κ3) is 3.47. The zero-order valence-electron chi connectivity index (χ0n) is 6.83. The molecule has 4 heteroatoms. The average Bonchev–Trinajstić information content (AvgIpc) is 1.87. The van der Waals surface area contributed by atoms with Crippen molar-refractivity contribution in [2.45, 2.75) is 19.1 Å². The van der Waals surface area contributed by atoms with E-state index >= 15 is 0 Å². The van der Waals surface area contributed by atoms with Gasteiger partial charge in [-0.2, -0.15) is 0 Å². The highest BCUT2D eigenvalue weighted by Gasteiger charge is 2.14. The molecule has 0 saturated heterocycles. The Labute approximate surface area is 65.1 Å². The van der Waals surface area contributed by atoms with Crippen LogP contribution in [0, 0.1) is 0 Å². The molecule has 1 unspecified atom stereocenters. The largest absolute Gasteiger partial charge is 0.390 e. The summed E-state index contributed by atoms with van der Waals surface area (Å²) in [5.74, 6) is 0. The topological polar surface area (TPSA) is 35.5 Å². The molecule has 0 radical (unpaired) electrons. The molecule has 0 spiro atoms. The lowest BCUT2D eigenvalue weighted by atomic mass is 10.2. The van der Waals surface area contributed by atoms with Crippen molar-refractivity contribution in [3.05, 3.63) is 0 Å². The summed E-state index contributed by atoms with van der Waals surface area (Å²) in [6.45, 7) is 2.62. The Morgan fingerprint density at radius 3 is 2.50 bits per heavy atom. The molecule has 0 aromatic carbocycles. The van der Waals surface area contributed by atoms with Gasteiger partial charge in [0.05, 0.1) is 6.10 Å². The average molecular weight is 164 g/mol. The highest BCUT2D eigenvalue weighted by molar-refractivity contribution is 7.13. The van der Waals surface area contributed by atoms with Gasteiger partial charge in [-0.25, -0.2) is 0 Å². The number of rotatable bonds is 4. The van der Waals surface area contributed by atoms with Gasteiger partial charge in [0.25, 0.3) is 0 Å². The van der Waals surface area contributed by atoms with Gasteiger partial charge in [-0.05, 0) is 21.0 Å². The molecular weight excluding hydrogens is 147 g/mol. The maximum atomic E-state index is 9.37. The molecule has 0 aliphatic heterocycles. The zero-order valence-corrected chi connectivity index (χ0v) is 7.99. The van der Waals surface area contributed by atoms with Crippen molar-refractivity contribution >= 4 is 9.39 Å². The van der Waals surface area contributed by atoms with E-state index in [4.69, 9.17) is 0 Å². The molecule has 0 amide bonds. The number of nitrogens with one attached hydrogen (secondary N) is 1. The first-order chi connectivity index (χ1) is 4.59. The van der Waals surface area contributed by atoms with E-state index in [1.165, 1.54) is 0 Å². The molecule has 62 valence electrons. The van der Waals surface area contributed by atoms with Crippen LogP contribution in [0.2, 0.25) is 0 Å². The Morgan fingerprint density at radius 2 is 2.20 bits per heavy atom. The van der Waals surface area contributed by atoms with E-state index in [0.29, 0.717) is 6.54 Å².